The highest BCUT2D eigenvalue weighted by Crippen LogP contribution is 2.26. The van der Waals surface area contributed by atoms with E-state index < -0.39 is 12.1 Å². The number of phenolic OH excluding ortho intramolecular Hbond substituents is 1. The molecule has 0 aliphatic carbocycles. The van der Waals surface area contributed by atoms with Gasteiger partial charge in [-0.25, -0.2) is 4.79 Å². The molecule has 4 heteroatoms. The van der Waals surface area contributed by atoms with E-state index in [0.29, 0.717) is 5.56 Å². The fourth-order valence-corrected chi connectivity index (χ4v) is 2.80. The van der Waals surface area contributed by atoms with Gasteiger partial charge in [-0.3, -0.25) is 4.79 Å². The summed E-state index contributed by atoms with van der Waals surface area (Å²) in [5.41, 5.74) is 2.63. The van der Waals surface area contributed by atoms with Gasteiger partial charge in [0.05, 0.1) is 0 Å². The third-order valence-corrected chi connectivity index (χ3v) is 4.53. The Kier molecular flexibility index (Phi) is 4.76. The highest BCUT2D eigenvalue weighted by Gasteiger charge is 2.22. The van der Waals surface area contributed by atoms with Crippen LogP contribution in [0.3, 0.4) is 0 Å². The molecule has 0 unspecified atom stereocenters. The van der Waals surface area contributed by atoms with Crippen molar-refractivity contribution in [1.82, 2.24) is 0 Å². The van der Waals surface area contributed by atoms with E-state index in [1.165, 1.54) is 13.0 Å². The van der Waals surface area contributed by atoms with Gasteiger partial charge in [-0.15, -0.1) is 0 Å². The minimum atomic E-state index is -0.949. The standard InChI is InChI=1S/C22H20O4/c1-13-8-9-18(10-14(13)2)21(24)15(3)26-22(25)19-11-16-6-4-5-7-17(16)12-20(19)23/h4-12,15,23H,1-3H3/t15-/m0/s1. The molecular formula is C22H20O4. The van der Waals surface area contributed by atoms with E-state index in [1.807, 2.05) is 44.2 Å². The smallest absolute Gasteiger partial charge is 0.342 e. The van der Waals surface area contributed by atoms with E-state index in [2.05, 4.69) is 0 Å². The maximum atomic E-state index is 12.5. The lowest BCUT2D eigenvalue weighted by Crippen LogP contribution is -2.24. The van der Waals surface area contributed by atoms with Crippen molar-refractivity contribution in [2.24, 2.45) is 0 Å². The van der Waals surface area contributed by atoms with E-state index >= 15 is 0 Å². The SMILES string of the molecule is Cc1ccc(C(=O)[C@H](C)OC(=O)c2cc3ccccc3cc2O)cc1C. The molecule has 0 spiro atoms. The van der Waals surface area contributed by atoms with Gasteiger partial charge in [0.15, 0.2) is 6.10 Å². The number of hydrogen-bond acceptors (Lipinski definition) is 4. The van der Waals surface area contributed by atoms with Gasteiger partial charge in [0.25, 0.3) is 0 Å². The van der Waals surface area contributed by atoms with Crippen molar-refractivity contribution in [3.05, 3.63) is 76.9 Å². The number of carbonyl (C=O) groups is 2. The summed E-state index contributed by atoms with van der Waals surface area (Å²) in [5, 5.41) is 11.8. The number of aryl methyl sites for hydroxylation is 2. The summed E-state index contributed by atoms with van der Waals surface area (Å²) in [4.78, 5) is 25.0. The molecule has 0 fully saturated rings. The number of benzene rings is 3. The molecule has 0 bridgehead atoms. The average molecular weight is 348 g/mol. The van der Waals surface area contributed by atoms with Crippen molar-refractivity contribution in [2.45, 2.75) is 26.9 Å². The normalized spacial score (nSPS) is 12.0. The topological polar surface area (TPSA) is 63.6 Å². The first-order valence-corrected chi connectivity index (χ1v) is 8.41. The van der Waals surface area contributed by atoms with Crippen molar-refractivity contribution in [2.75, 3.05) is 0 Å². The van der Waals surface area contributed by atoms with Crippen molar-refractivity contribution in [3.63, 3.8) is 0 Å². The fraction of sp³-hybridized carbons (Fsp3) is 0.182. The first kappa shape index (κ1) is 17.7. The average Bonchev–Trinajstić information content (AvgIpc) is 2.62. The Labute approximate surface area is 152 Å². The van der Waals surface area contributed by atoms with Crippen LogP contribution >= 0.6 is 0 Å². The number of aromatic hydroxyl groups is 1. The number of carbonyl (C=O) groups excluding carboxylic acids is 2. The van der Waals surface area contributed by atoms with E-state index in [1.54, 1.807) is 18.2 Å². The Morgan fingerprint density at radius 2 is 1.58 bits per heavy atom. The van der Waals surface area contributed by atoms with Crippen LogP contribution in [0.5, 0.6) is 5.75 Å². The Morgan fingerprint density at radius 1 is 0.923 bits per heavy atom. The minimum absolute atomic E-state index is 0.0448. The Balaban J connectivity index is 1.81. The van der Waals surface area contributed by atoms with E-state index in [0.717, 1.165) is 21.9 Å². The molecular weight excluding hydrogens is 328 g/mol. The number of phenols is 1. The van der Waals surface area contributed by atoms with Crippen LogP contribution in [0.4, 0.5) is 0 Å². The Morgan fingerprint density at radius 3 is 2.23 bits per heavy atom. The highest BCUT2D eigenvalue weighted by molar-refractivity contribution is 6.03. The third kappa shape index (κ3) is 3.45. The van der Waals surface area contributed by atoms with Crippen LogP contribution in [-0.2, 0) is 4.74 Å². The Hall–Kier alpha value is -3.14. The van der Waals surface area contributed by atoms with Gasteiger partial charge in [-0.1, -0.05) is 36.4 Å². The number of ether oxygens (including phenoxy) is 1. The molecule has 0 radical (unpaired) electrons. The van der Waals surface area contributed by atoms with Gasteiger partial charge in [0, 0.05) is 5.56 Å². The summed E-state index contributed by atoms with van der Waals surface area (Å²) in [6.45, 7) is 5.43. The molecule has 3 rings (SSSR count). The van der Waals surface area contributed by atoms with Crippen LogP contribution < -0.4 is 0 Å². The molecule has 0 aromatic heterocycles. The number of fused-ring (bicyclic) bond motifs is 1. The first-order chi connectivity index (χ1) is 12.4. The third-order valence-electron chi connectivity index (χ3n) is 4.53. The quantitative estimate of drug-likeness (QED) is 0.553. The second-order valence-corrected chi connectivity index (χ2v) is 6.43. The van der Waals surface area contributed by atoms with Gasteiger partial charge < -0.3 is 9.84 Å². The summed E-state index contributed by atoms with van der Waals surface area (Å²) in [7, 11) is 0. The molecule has 26 heavy (non-hydrogen) atoms. The highest BCUT2D eigenvalue weighted by atomic mass is 16.5. The number of ketones is 1. The molecule has 3 aromatic carbocycles. The van der Waals surface area contributed by atoms with Crippen LogP contribution in [0, 0.1) is 13.8 Å². The van der Waals surface area contributed by atoms with Crippen LogP contribution in [-0.4, -0.2) is 23.0 Å². The number of Topliss-reactive ketones (excluding diaryl/α,β-unsaturated/α-hetero) is 1. The van der Waals surface area contributed by atoms with Crippen LogP contribution in [0.25, 0.3) is 10.8 Å². The largest absolute Gasteiger partial charge is 0.507 e. The molecule has 0 saturated carbocycles. The lowest BCUT2D eigenvalue weighted by Gasteiger charge is -2.14. The molecule has 0 amide bonds. The molecule has 0 heterocycles. The molecule has 0 aliphatic heterocycles. The van der Waals surface area contributed by atoms with Gasteiger partial charge in [0.2, 0.25) is 5.78 Å². The van der Waals surface area contributed by atoms with Gasteiger partial charge in [0.1, 0.15) is 11.3 Å². The summed E-state index contributed by atoms with van der Waals surface area (Å²) in [5.74, 6) is -1.17. The van der Waals surface area contributed by atoms with Gasteiger partial charge in [-0.05, 0) is 60.9 Å². The van der Waals surface area contributed by atoms with Gasteiger partial charge >= 0.3 is 5.97 Å². The van der Waals surface area contributed by atoms with E-state index in [4.69, 9.17) is 4.74 Å². The zero-order valence-electron chi connectivity index (χ0n) is 14.9. The molecule has 4 nitrogen and oxygen atoms in total. The lowest BCUT2D eigenvalue weighted by molar-refractivity contribution is 0.0316. The maximum Gasteiger partial charge on any atom is 0.342 e. The molecule has 3 aromatic rings. The summed E-state index contributed by atoms with van der Waals surface area (Å²) < 4.78 is 5.30. The molecule has 0 aliphatic rings. The van der Waals surface area contributed by atoms with Crippen molar-refractivity contribution >= 4 is 22.5 Å². The predicted octanol–water partition coefficient (Wildman–Crippen LogP) is 4.59. The fourth-order valence-electron chi connectivity index (χ4n) is 2.80. The second-order valence-electron chi connectivity index (χ2n) is 6.43. The number of hydrogen-bond donors (Lipinski definition) is 1. The summed E-state index contributed by atoms with van der Waals surface area (Å²) in [6.07, 6.45) is -0.949. The van der Waals surface area contributed by atoms with E-state index in [9.17, 15) is 14.7 Å². The van der Waals surface area contributed by atoms with Crippen molar-refractivity contribution in [1.29, 1.82) is 0 Å². The summed E-state index contributed by atoms with van der Waals surface area (Å²) in [6, 6.07) is 15.8. The van der Waals surface area contributed by atoms with Crippen LogP contribution in [0.1, 0.15) is 38.8 Å². The monoisotopic (exact) mass is 348 g/mol. The second kappa shape index (κ2) is 7.00. The molecule has 0 saturated heterocycles. The zero-order valence-corrected chi connectivity index (χ0v) is 14.9. The van der Waals surface area contributed by atoms with E-state index in [-0.39, 0.29) is 17.1 Å². The van der Waals surface area contributed by atoms with Gasteiger partial charge in [-0.2, -0.15) is 0 Å². The summed E-state index contributed by atoms with van der Waals surface area (Å²) >= 11 is 0. The molecule has 1 atom stereocenters. The predicted molar refractivity (Wildman–Crippen MR) is 101 cm³/mol. The number of rotatable bonds is 4. The zero-order chi connectivity index (χ0) is 18.8. The molecule has 1 N–H and O–H groups in total. The van der Waals surface area contributed by atoms with Crippen LogP contribution in [0.15, 0.2) is 54.6 Å². The lowest BCUT2D eigenvalue weighted by atomic mass is 10.0. The number of esters is 1. The Bertz CT molecular complexity index is 1000. The maximum absolute atomic E-state index is 12.5. The van der Waals surface area contributed by atoms with Crippen LogP contribution in [0.2, 0.25) is 0 Å². The van der Waals surface area contributed by atoms with Crippen molar-refractivity contribution < 1.29 is 19.4 Å². The molecule has 132 valence electrons. The minimum Gasteiger partial charge on any atom is -0.507 e. The first-order valence-electron chi connectivity index (χ1n) is 8.41. The van der Waals surface area contributed by atoms with Crippen molar-refractivity contribution in [3.8, 4) is 5.75 Å².